The summed E-state index contributed by atoms with van der Waals surface area (Å²) in [5.41, 5.74) is 3.66. The average molecular weight is 598 g/mol. The molecule has 4 N–H and O–H groups in total. The summed E-state index contributed by atoms with van der Waals surface area (Å²) in [4.78, 5) is 29.6. The Kier molecular flexibility index (Phi) is 8.51. The zero-order valence-electron chi connectivity index (χ0n) is 22.6. The highest BCUT2D eigenvalue weighted by Crippen LogP contribution is 2.41. The average Bonchev–Trinajstić information content (AvgIpc) is 3.20. The smallest absolute Gasteiger partial charge is 0.416 e. The molecule has 3 aromatic carbocycles. The second kappa shape index (κ2) is 12.1. The predicted molar refractivity (Wildman–Crippen MR) is 150 cm³/mol. The summed E-state index contributed by atoms with van der Waals surface area (Å²) in [7, 11) is 2.50. The van der Waals surface area contributed by atoms with Gasteiger partial charge >= 0.3 is 11.9 Å². The van der Waals surface area contributed by atoms with Gasteiger partial charge in [-0.25, -0.2) is 14.2 Å². The summed E-state index contributed by atoms with van der Waals surface area (Å²) in [6.45, 7) is -1.06. The topological polar surface area (TPSA) is 161 Å². The summed E-state index contributed by atoms with van der Waals surface area (Å²) >= 11 is 0. The van der Waals surface area contributed by atoms with Gasteiger partial charge in [-0.2, -0.15) is 18.4 Å². The Morgan fingerprint density at radius 2 is 1.98 bits per heavy atom. The number of carbonyl (C=O) groups excluding carboxylic acids is 1. The van der Waals surface area contributed by atoms with E-state index >= 15 is 4.39 Å². The Morgan fingerprint density at radius 3 is 2.63 bits per heavy atom. The van der Waals surface area contributed by atoms with Crippen LogP contribution in [0, 0.1) is 22.6 Å². The molecule has 0 unspecified atom stereocenters. The molecule has 0 bridgehead atoms. The number of carbonyl (C=O) groups is 1. The molecule has 1 heterocycles. The normalized spacial score (nSPS) is 11.7. The molecule has 0 atom stereocenters. The van der Waals surface area contributed by atoms with Crippen LogP contribution in [0.5, 0.6) is 11.5 Å². The van der Waals surface area contributed by atoms with Crippen LogP contribution < -0.4 is 26.2 Å². The molecule has 4 rings (SSSR count). The van der Waals surface area contributed by atoms with Crippen molar-refractivity contribution in [2.45, 2.75) is 12.7 Å². The number of amides is 1. The molecular weight excluding hydrogens is 574 g/mol. The van der Waals surface area contributed by atoms with E-state index in [0.29, 0.717) is 6.34 Å². The second-order valence-electron chi connectivity index (χ2n) is 9.09. The molecule has 43 heavy (non-hydrogen) atoms. The van der Waals surface area contributed by atoms with Crippen LogP contribution in [-0.4, -0.2) is 40.9 Å². The van der Waals surface area contributed by atoms with Crippen LogP contribution in [-0.2, 0) is 24.6 Å². The maximum Gasteiger partial charge on any atom is 0.416 e. The molecule has 0 aliphatic carbocycles. The zero-order chi connectivity index (χ0) is 31.5. The van der Waals surface area contributed by atoms with Crippen molar-refractivity contribution in [1.29, 1.82) is 10.7 Å². The highest BCUT2D eigenvalue weighted by atomic mass is 19.4. The number of imidazole rings is 1. The molecule has 0 aliphatic heterocycles. The quantitative estimate of drug-likeness (QED) is 0.150. The van der Waals surface area contributed by atoms with Crippen molar-refractivity contribution in [3.63, 3.8) is 0 Å². The molecule has 1 amide bonds. The number of methoxy groups -OCH3 is 1. The van der Waals surface area contributed by atoms with Gasteiger partial charge in [-0.15, -0.1) is 0 Å². The monoisotopic (exact) mass is 597 g/mol. The van der Waals surface area contributed by atoms with E-state index in [1.807, 2.05) is 6.07 Å². The lowest BCUT2D eigenvalue weighted by Gasteiger charge is -2.16. The number of nitrogens with two attached hydrogens (primary N) is 1. The SMILES string of the molecule is COc1cc(-c2cc(C(F)(F)F)cc3c2n(C)c(=O)n3CC(=O)Nc2cccc(C#N)c2)cc(F)c1OCC(N)=NC=N. The minimum absolute atomic E-state index is 0.00485. The first-order valence-electron chi connectivity index (χ1n) is 12.3. The van der Waals surface area contributed by atoms with Gasteiger partial charge in [0.15, 0.2) is 17.3 Å². The first kappa shape index (κ1) is 30.3. The van der Waals surface area contributed by atoms with Crippen LogP contribution in [0.15, 0.2) is 58.3 Å². The molecule has 0 saturated heterocycles. The number of nitrogens with one attached hydrogen (secondary N) is 2. The number of amidine groups is 1. The predicted octanol–water partition coefficient (Wildman–Crippen LogP) is 4.03. The molecule has 11 nitrogen and oxygen atoms in total. The van der Waals surface area contributed by atoms with Crippen LogP contribution in [0.25, 0.3) is 22.2 Å². The molecule has 0 fully saturated rings. The number of ether oxygens (including phenoxy) is 2. The number of anilines is 1. The number of benzene rings is 3. The van der Waals surface area contributed by atoms with Crippen molar-refractivity contribution in [3.05, 3.63) is 76.0 Å². The van der Waals surface area contributed by atoms with Crippen LogP contribution in [0.4, 0.5) is 23.2 Å². The van der Waals surface area contributed by atoms with Crippen LogP contribution >= 0.6 is 0 Å². The number of alkyl halides is 3. The fourth-order valence-corrected chi connectivity index (χ4v) is 4.39. The largest absolute Gasteiger partial charge is 0.493 e. The van der Waals surface area contributed by atoms with E-state index in [4.69, 9.17) is 25.9 Å². The zero-order valence-corrected chi connectivity index (χ0v) is 22.6. The maximum atomic E-state index is 15.3. The van der Waals surface area contributed by atoms with Gasteiger partial charge in [-0.3, -0.25) is 19.3 Å². The van der Waals surface area contributed by atoms with Gasteiger partial charge < -0.3 is 20.5 Å². The van der Waals surface area contributed by atoms with E-state index in [9.17, 15) is 22.8 Å². The number of nitrogens with zero attached hydrogens (tertiary/aromatic N) is 4. The van der Waals surface area contributed by atoms with Crippen molar-refractivity contribution in [2.75, 3.05) is 19.0 Å². The van der Waals surface area contributed by atoms with Crippen LogP contribution in [0.3, 0.4) is 0 Å². The van der Waals surface area contributed by atoms with E-state index in [0.717, 1.165) is 27.3 Å². The minimum Gasteiger partial charge on any atom is -0.493 e. The summed E-state index contributed by atoms with van der Waals surface area (Å²) in [6.07, 6.45) is -4.20. The van der Waals surface area contributed by atoms with E-state index in [2.05, 4.69) is 10.3 Å². The molecule has 0 spiro atoms. The lowest BCUT2D eigenvalue weighted by atomic mass is 9.99. The van der Waals surface area contributed by atoms with Crippen molar-refractivity contribution in [3.8, 4) is 28.7 Å². The fraction of sp³-hybridized carbons (Fsp3) is 0.179. The highest BCUT2D eigenvalue weighted by Gasteiger charge is 2.33. The van der Waals surface area contributed by atoms with Gasteiger partial charge in [-0.1, -0.05) is 6.07 Å². The van der Waals surface area contributed by atoms with Gasteiger partial charge in [0, 0.05) is 18.3 Å². The fourth-order valence-electron chi connectivity index (χ4n) is 4.39. The molecule has 0 saturated carbocycles. The lowest BCUT2D eigenvalue weighted by molar-refractivity contribution is -0.137. The number of aliphatic imine (C=N–C) groups is 1. The van der Waals surface area contributed by atoms with Crippen molar-refractivity contribution in [2.24, 2.45) is 17.8 Å². The van der Waals surface area contributed by atoms with Gasteiger partial charge in [0.25, 0.3) is 0 Å². The van der Waals surface area contributed by atoms with E-state index in [1.165, 1.54) is 44.5 Å². The summed E-state index contributed by atoms with van der Waals surface area (Å²) < 4.78 is 69.9. The molecule has 0 aliphatic rings. The number of rotatable bonds is 9. The molecule has 0 radical (unpaired) electrons. The number of nitriles is 1. The Bertz CT molecular complexity index is 1870. The standard InChI is InChI=1S/C28H23F4N7O4/c1-38-25-19(16-7-20(29)26(22(8-16)42-2)43-13-23(35)36-14-34)9-17(28(30,31)32)10-21(25)39(27(38)41)12-24(40)37-18-5-3-4-15(6-18)11-33/h3-10,14H,12-13H2,1-2H3,(H,37,40)(H3,34,35,36). The summed E-state index contributed by atoms with van der Waals surface area (Å²) in [5, 5.41) is 18.5. The van der Waals surface area contributed by atoms with Crippen LogP contribution in [0.1, 0.15) is 11.1 Å². The lowest BCUT2D eigenvalue weighted by Crippen LogP contribution is -2.28. The van der Waals surface area contributed by atoms with E-state index in [1.54, 1.807) is 0 Å². The Hall–Kier alpha value is -5.65. The Balaban J connectivity index is 1.85. The van der Waals surface area contributed by atoms with Crippen molar-refractivity contribution < 1.29 is 31.8 Å². The molecule has 15 heteroatoms. The van der Waals surface area contributed by atoms with Crippen molar-refractivity contribution in [1.82, 2.24) is 9.13 Å². The van der Waals surface area contributed by atoms with Gasteiger partial charge in [0.2, 0.25) is 5.91 Å². The first-order chi connectivity index (χ1) is 20.4. The molecule has 4 aromatic rings. The Labute approximate surface area is 240 Å². The number of hydrogen-bond donors (Lipinski definition) is 3. The van der Waals surface area contributed by atoms with Gasteiger partial charge in [-0.05, 0) is 48.0 Å². The number of halogens is 4. The van der Waals surface area contributed by atoms with E-state index in [-0.39, 0.29) is 45.0 Å². The third-order valence-electron chi connectivity index (χ3n) is 6.27. The Morgan fingerprint density at radius 1 is 1.23 bits per heavy atom. The minimum atomic E-state index is -4.86. The third-order valence-corrected chi connectivity index (χ3v) is 6.27. The molecule has 222 valence electrons. The highest BCUT2D eigenvalue weighted by molar-refractivity contribution is 5.96. The number of fused-ring (bicyclic) bond motifs is 1. The number of aryl methyl sites for hydroxylation is 1. The molecule has 1 aromatic heterocycles. The molecular formula is C28H23F4N7O4. The number of aromatic nitrogens is 2. The summed E-state index contributed by atoms with van der Waals surface area (Å²) in [6, 6.07) is 11.5. The third kappa shape index (κ3) is 6.32. The summed E-state index contributed by atoms with van der Waals surface area (Å²) in [5.74, 6) is -2.47. The van der Waals surface area contributed by atoms with Crippen molar-refractivity contribution >= 4 is 34.8 Å². The van der Waals surface area contributed by atoms with E-state index < -0.39 is 48.1 Å². The van der Waals surface area contributed by atoms with Gasteiger partial charge in [0.1, 0.15) is 25.3 Å². The van der Waals surface area contributed by atoms with Gasteiger partial charge in [0.05, 0.1) is 35.3 Å². The van der Waals surface area contributed by atoms with Crippen LogP contribution in [0.2, 0.25) is 0 Å². The number of hydrogen-bond acceptors (Lipinski definition) is 6. The maximum absolute atomic E-state index is 15.3. The second-order valence-corrected chi connectivity index (χ2v) is 9.09. The first-order valence-corrected chi connectivity index (χ1v) is 12.3.